The normalized spacial score (nSPS) is 11.2. The second-order valence-corrected chi connectivity index (χ2v) is 8.15. The Morgan fingerprint density at radius 2 is 1.71 bits per heavy atom. The van der Waals surface area contributed by atoms with Gasteiger partial charge >= 0.3 is 0 Å². The average molecular weight is 398 g/mol. The first kappa shape index (κ1) is 19.7. The second-order valence-electron chi connectivity index (χ2n) is 6.47. The minimum Gasteiger partial charge on any atom is -0.467 e. The SMILES string of the molecule is Cc1ccc(NS(=O)(=O)c2ccc(CCC(=O)NCc3ccco3)cc2)cc1. The zero-order chi connectivity index (χ0) is 20.0. The third kappa shape index (κ3) is 5.47. The van der Waals surface area contributed by atoms with Crippen LogP contribution in [-0.4, -0.2) is 14.3 Å². The lowest BCUT2D eigenvalue weighted by Gasteiger charge is -2.09. The second kappa shape index (κ2) is 8.75. The number of benzene rings is 2. The quantitative estimate of drug-likeness (QED) is 0.606. The van der Waals surface area contributed by atoms with E-state index in [-0.39, 0.29) is 10.8 Å². The number of carbonyl (C=O) groups excluding carboxylic acids is 1. The van der Waals surface area contributed by atoms with Crippen LogP contribution in [0.3, 0.4) is 0 Å². The summed E-state index contributed by atoms with van der Waals surface area (Å²) in [6, 6.07) is 17.3. The van der Waals surface area contributed by atoms with Crippen LogP contribution in [0.15, 0.2) is 76.2 Å². The van der Waals surface area contributed by atoms with Gasteiger partial charge < -0.3 is 9.73 Å². The molecule has 0 radical (unpaired) electrons. The standard InChI is InChI=1S/C21H22N2O4S/c1-16-4-9-18(10-5-16)23-28(25,26)20-11-6-17(7-12-20)8-13-21(24)22-15-19-3-2-14-27-19/h2-7,9-12,14,23H,8,13,15H2,1H3,(H,22,24). The summed E-state index contributed by atoms with van der Waals surface area (Å²) < 4.78 is 32.7. The predicted molar refractivity (Wildman–Crippen MR) is 107 cm³/mol. The zero-order valence-electron chi connectivity index (χ0n) is 15.5. The van der Waals surface area contributed by atoms with E-state index in [1.165, 1.54) is 0 Å². The summed E-state index contributed by atoms with van der Waals surface area (Å²) in [6.07, 6.45) is 2.40. The van der Waals surface area contributed by atoms with Crippen molar-refractivity contribution in [3.63, 3.8) is 0 Å². The topological polar surface area (TPSA) is 88.4 Å². The van der Waals surface area contributed by atoms with Crippen molar-refractivity contribution >= 4 is 21.6 Å². The summed E-state index contributed by atoms with van der Waals surface area (Å²) in [5, 5.41) is 2.78. The first-order chi connectivity index (χ1) is 13.4. The van der Waals surface area contributed by atoms with Crippen LogP contribution < -0.4 is 10.0 Å². The fourth-order valence-corrected chi connectivity index (χ4v) is 3.67. The van der Waals surface area contributed by atoms with Gasteiger partial charge in [0, 0.05) is 12.1 Å². The van der Waals surface area contributed by atoms with Crippen LogP contribution in [0.1, 0.15) is 23.3 Å². The van der Waals surface area contributed by atoms with E-state index in [0.29, 0.717) is 30.8 Å². The number of anilines is 1. The van der Waals surface area contributed by atoms with E-state index < -0.39 is 10.0 Å². The number of hydrogen-bond donors (Lipinski definition) is 2. The molecule has 7 heteroatoms. The first-order valence-corrected chi connectivity index (χ1v) is 10.4. The van der Waals surface area contributed by atoms with E-state index in [0.717, 1.165) is 11.1 Å². The summed E-state index contributed by atoms with van der Waals surface area (Å²) in [6.45, 7) is 2.29. The molecule has 0 saturated carbocycles. The number of hydrogen-bond acceptors (Lipinski definition) is 4. The maximum atomic E-state index is 12.5. The molecule has 0 saturated heterocycles. The van der Waals surface area contributed by atoms with Crippen molar-refractivity contribution in [2.45, 2.75) is 31.2 Å². The van der Waals surface area contributed by atoms with Gasteiger partial charge in [-0.1, -0.05) is 29.8 Å². The summed E-state index contributed by atoms with van der Waals surface area (Å²) in [5.41, 5.74) is 2.46. The van der Waals surface area contributed by atoms with Crippen molar-refractivity contribution in [3.05, 3.63) is 83.8 Å². The fraction of sp³-hybridized carbons (Fsp3) is 0.190. The van der Waals surface area contributed by atoms with Gasteiger partial charge in [-0.2, -0.15) is 0 Å². The Balaban J connectivity index is 1.53. The molecule has 6 nitrogen and oxygen atoms in total. The summed E-state index contributed by atoms with van der Waals surface area (Å²) in [7, 11) is -3.65. The molecular weight excluding hydrogens is 376 g/mol. The van der Waals surface area contributed by atoms with E-state index in [1.807, 2.05) is 19.1 Å². The van der Waals surface area contributed by atoms with Crippen molar-refractivity contribution in [1.82, 2.24) is 5.32 Å². The molecule has 0 fully saturated rings. The van der Waals surface area contributed by atoms with E-state index in [4.69, 9.17) is 4.42 Å². The fourth-order valence-electron chi connectivity index (χ4n) is 2.62. The van der Waals surface area contributed by atoms with Gasteiger partial charge in [0.2, 0.25) is 5.91 Å². The van der Waals surface area contributed by atoms with E-state index in [2.05, 4.69) is 10.0 Å². The van der Waals surface area contributed by atoms with Crippen LogP contribution in [0.4, 0.5) is 5.69 Å². The van der Waals surface area contributed by atoms with Gasteiger partial charge in [0.25, 0.3) is 10.0 Å². The Bertz CT molecular complexity index is 1010. The van der Waals surface area contributed by atoms with E-state index >= 15 is 0 Å². The highest BCUT2D eigenvalue weighted by atomic mass is 32.2. The smallest absolute Gasteiger partial charge is 0.261 e. The largest absolute Gasteiger partial charge is 0.467 e. The lowest BCUT2D eigenvalue weighted by atomic mass is 10.1. The maximum absolute atomic E-state index is 12.5. The third-order valence-electron chi connectivity index (χ3n) is 4.22. The molecule has 1 heterocycles. The highest BCUT2D eigenvalue weighted by Gasteiger charge is 2.14. The van der Waals surface area contributed by atoms with E-state index in [1.54, 1.807) is 54.8 Å². The minimum absolute atomic E-state index is 0.0888. The molecule has 2 N–H and O–H groups in total. The van der Waals surface area contributed by atoms with Gasteiger partial charge in [-0.15, -0.1) is 0 Å². The highest BCUT2D eigenvalue weighted by molar-refractivity contribution is 7.92. The molecule has 0 aliphatic carbocycles. The first-order valence-electron chi connectivity index (χ1n) is 8.90. The lowest BCUT2D eigenvalue weighted by Crippen LogP contribution is -2.22. The molecule has 0 aliphatic rings. The number of rotatable bonds is 8. The number of furan rings is 1. The minimum atomic E-state index is -3.65. The molecule has 2 aromatic carbocycles. The van der Waals surface area contributed by atoms with Crippen LogP contribution in [-0.2, 0) is 27.8 Å². The van der Waals surface area contributed by atoms with Gasteiger partial charge in [-0.05, 0) is 55.3 Å². The molecule has 1 amide bonds. The molecular formula is C21H22N2O4S. The average Bonchev–Trinajstić information content (AvgIpc) is 3.20. The molecule has 3 rings (SSSR count). The van der Waals surface area contributed by atoms with Crippen molar-refractivity contribution < 1.29 is 17.6 Å². The van der Waals surface area contributed by atoms with Gasteiger partial charge in [-0.25, -0.2) is 8.42 Å². The van der Waals surface area contributed by atoms with Crippen molar-refractivity contribution in [1.29, 1.82) is 0 Å². The predicted octanol–water partition coefficient (Wildman–Crippen LogP) is 3.64. The van der Waals surface area contributed by atoms with Gasteiger partial charge in [0.1, 0.15) is 5.76 Å². The molecule has 0 spiro atoms. The number of sulfonamides is 1. The monoisotopic (exact) mass is 398 g/mol. The number of amides is 1. The van der Waals surface area contributed by atoms with E-state index in [9.17, 15) is 13.2 Å². The number of nitrogens with one attached hydrogen (secondary N) is 2. The van der Waals surface area contributed by atoms with Gasteiger partial charge in [-0.3, -0.25) is 9.52 Å². The molecule has 1 aromatic heterocycles. The maximum Gasteiger partial charge on any atom is 0.261 e. The Morgan fingerprint density at radius 3 is 2.36 bits per heavy atom. The Kier molecular flexibility index (Phi) is 6.16. The molecule has 0 unspecified atom stereocenters. The van der Waals surface area contributed by atoms with Crippen LogP contribution in [0.25, 0.3) is 0 Å². The third-order valence-corrected chi connectivity index (χ3v) is 5.62. The van der Waals surface area contributed by atoms with Crippen LogP contribution >= 0.6 is 0 Å². The summed E-state index contributed by atoms with van der Waals surface area (Å²) in [4.78, 5) is 12.1. The lowest BCUT2D eigenvalue weighted by molar-refractivity contribution is -0.121. The number of carbonyl (C=O) groups is 1. The van der Waals surface area contributed by atoms with Gasteiger partial charge in [0.05, 0.1) is 17.7 Å². The molecule has 3 aromatic rings. The van der Waals surface area contributed by atoms with Crippen LogP contribution in [0.5, 0.6) is 0 Å². The molecule has 0 atom stereocenters. The van der Waals surface area contributed by atoms with Crippen LogP contribution in [0, 0.1) is 6.92 Å². The Morgan fingerprint density at radius 1 is 1.00 bits per heavy atom. The van der Waals surface area contributed by atoms with Crippen molar-refractivity contribution in [2.75, 3.05) is 4.72 Å². The Labute approximate surface area is 164 Å². The zero-order valence-corrected chi connectivity index (χ0v) is 16.3. The molecule has 0 aliphatic heterocycles. The summed E-state index contributed by atoms with van der Waals surface area (Å²) in [5.74, 6) is 0.609. The Hall–Kier alpha value is -3.06. The summed E-state index contributed by atoms with van der Waals surface area (Å²) >= 11 is 0. The van der Waals surface area contributed by atoms with Crippen molar-refractivity contribution in [3.8, 4) is 0 Å². The molecule has 146 valence electrons. The van der Waals surface area contributed by atoms with Crippen LogP contribution in [0.2, 0.25) is 0 Å². The van der Waals surface area contributed by atoms with Gasteiger partial charge in [0.15, 0.2) is 0 Å². The molecule has 28 heavy (non-hydrogen) atoms. The number of aryl methyl sites for hydroxylation is 2. The van der Waals surface area contributed by atoms with Crippen molar-refractivity contribution in [2.24, 2.45) is 0 Å². The highest BCUT2D eigenvalue weighted by Crippen LogP contribution is 2.17. The molecule has 0 bridgehead atoms.